The van der Waals surface area contributed by atoms with Crippen LogP contribution in [0, 0.1) is 11.8 Å². The molecule has 2 unspecified atom stereocenters. The molecule has 0 aromatic heterocycles. The van der Waals surface area contributed by atoms with Crippen LogP contribution in [-0.2, 0) is 23.9 Å². The molecule has 34 heavy (non-hydrogen) atoms. The molecule has 0 aliphatic carbocycles. The molecule has 0 radical (unpaired) electrons. The summed E-state index contributed by atoms with van der Waals surface area (Å²) >= 11 is 0. The Hall–Kier alpha value is -2.01. The summed E-state index contributed by atoms with van der Waals surface area (Å²) < 4.78 is 11.9. The van der Waals surface area contributed by atoms with E-state index in [0.717, 1.165) is 13.1 Å². The Morgan fingerprint density at radius 3 is 2.62 bits per heavy atom. The molecule has 0 aromatic rings. The van der Waals surface area contributed by atoms with Crippen LogP contribution >= 0.6 is 0 Å². The van der Waals surface area contributed by atoms with Gasteiger partial charge in [-0.25, -0.2) is 0 Å². The molecule has 4 aliphatic rings. The Bertz CT molecular complexity index is 831. The number of carboxylic acids is 1. The van der Waals surface area contributed by atoms with Crippen LogP contribution in [-0.4, -0.2) is 119 Å². The average Bonchev–Trinajstić information content (AvgIpc) is 3.45. The van der Waals surface area contributed by atoms with Crippen LogP contribution < -0.4 is 0 Å². The van der Waals surface area contributed by atoms with E-state index in [1.165, 1.54) is 4.90 Å². The van der Waals surface area contributed by atoms with Crippen LogP contribution in [0.3, 0.4) is 0 Å². The van der Waals surface area contributed by atoms with Crippen LogP contribution in [0.2, 0.25) is 0 Å². The van der Waals surface area contributed by atoms with Gasteiger partial charge in [-0.3, -0.25) is 19.3 Å². The average molecular weight is 480 g/mol. The van der Waals surface area contributed by atoms with Gasteiger partial charge in [-0.05, 0) is 26.2 Å². The zero-order valence-electron chi connectivity index (χ0n) is 20.1. The van der Waals surface area contributed by atoms with E-state index in [1.807, 2.05) is 6.92 Å². The van der Waals surface area contributed by atoms with E-state index in [1.54, 1.807) is 17.9 Å². The molecule has 4 fully saturated rings. The van der Waals surface area contributed by atoms with E-state index in [0.29, 0.717) is 52.1 Å². The summed E-state index contributed by atoms with van der Waals surface area (Å²) in [6.45, 7) is 11.3. The summed E-state index contributed by atoms with van der Waals surface area (Å²) in [5, 5.41) is 20.0. The maximum Gasteiger partial charge on any atom is 0.310 e. The third-order valence-electron chi connectivity index (χ3n) is 8.31. The molecule has 2 bridgehead atoms. The van der Waals surface area contributed by atoms with Crippen molar-refractivity contribution in [1.82, 2.24) is 14.7 Å². The molecule has 0 saturated carbocycles. The van der Waals surface area contributed by atoms with Gasteiger partial charge in [-0.1, -0.05) is 13.0 Å². The molecule has 10 heteroatoms. The van der Waals surface area contributed by atoms with Gasteiger partial charge >= 0.3 is 5.97 Å². The number of nitrogens with zero attached hydrogens (tertiary/aromatic N) is 3. The van der Waals surface area contributed by atoms with E-state index in [4.69, 9.17) is 9.47 Å². The van der Waals surface area contributed by atoms with E-state index >= 15 is 0 Å². The van der Waals surface area contributed by atoms with Crippen LogP contribution in [0.4, 0.5) is 0 Å². The number of carbonyl (C=O) groups excluding carboxylic acids is 2. The van der Waals surface area contributed by atoms with Gasteiger partial charge in [0.15, 0.2) is 0 Å². The van der Waals surface area contributed by atoms with E-state index in [9.17, 15) is 24.6 Å². The number of hydrogen-bond donors (Lipinski definition) is 2. The normalized spacial score (nSPS) is 35.9. The standard InChI is InChI=1S/C24H37N3O7/c1-4-8-26(10-9-25-11-13-33-14-12-25)21(30)19-24-7-6-23(5-2,34-24)18(22(31)32)17(24)20(29)27(19)16(3)15-28/h4,16-19,28H,1,5-15H2,2-3H3,(H,31,32)/t16-,17+,18+,19?,23-,24?/m1/s1. The Kier molecular flexibility index (Phi) is 7.06. The third kappa shape index (κ3) is 3.75. The Morgan fingerprint density at radius 2 is 2.03 bits per heavy atom. The zero-order chi connectivity index (χ0) is 24.7. The lowest BCUT2D eigenvalue weighted by atomic mass is 9.65. The minimum absolute atomic E-state index is 0.276. The first-order valence-electron chi connectivity index (χ1n) is 12.3. The number of rotatable bonds is 10. The van der Waals surface area contributed by atoms with Gasteiger partial charge in [0, 0.05) is 32.7 Å². The number of amides is 2. The summed E-state index contributed by atoms with van der Waals surface area (Å²) in [5.41, 5.74) is -2.15. The van der Waals surface area contributed by atoms with Crippen molar-refractivity contribution in [1.29, 1.82) is 0 Å². The first-order valence-corrected chi connectivity index (χ1v) is 12.3. The third-order valence-corrected chi connectivity index (χ3v) is 8.31. The Morgan fingerprint density at radius 1 is 1.32 bits per heavy atom. The van der Waals surface area contributed by atoms with Crippen molar-refractivity contribution in [3.05, 3.63) is 12.7 Å². The van der Waals surface area contributed by atoms with Crippen molar-refractivity contribution in [3.63, 3.8) is 0 Å². The maximum atomic E-state index is 14.1. The molecule has 10 nitrogen and oxygen atoms in total. The summed E-state index contributed by atoms with van der Waals surface area (Å²) in [6.07, 6.45) is 3.05. The number of morpholine rings is 1. The van der Waals surface area contributed by atoms with Gasteiger partial charge in [0.25, 0.3) is 0 Å². The van der Waals surface area contributed by atoms with Gasteiger partial charge in [0.2, 0.25) is 11.8 Å². The summed E-state index contributed by atoms with van der Waals surface area (Å²) in [7, 11) is 0. The number of aliphatic hydroxyl groups excluding tert-OH is 1. The maximum absolute atomic E-state index is 14.1. The summed E-state index contributed by atoms with van der Waals surface area (Å²) in [5.74, 6) is -3.70. The second kappa shape index (κ2) is 9.56. The van der Waals surface area contributed by atoms with E-state index in [2.05, 4.69) is 11.5 Å². The fourth-order valence-electron chi connectivity index (χ4n) is 6.58. The van der Waals surface area contributed by atoms with E-state index in [-0.39, 0.29) is 12.5 Å². The second-order valence-corrected chi connectivity index (χ2v) is 9.98. The lowest BCUT2D eigenvalue weighted by Crippen LogP contribution is -2.59. The summed E-state index contributed by atoms with van der Waals surface area (Å²) in [4.78, 5) is 45.5. The number of carbonyl (C=O) groups is 3. The zero-order valence-corrected chi connectivity index (χ0v) is 20.1. The van der Waals surface area contributed by atoms with E-state index < -0.39 is 47.0 Å². The lowest BCUT2D eigenvalue weighted by molar-refractivity contribution is -0.159. The largest absolute Gasteiger partial charge is 0.481 e. The number of hydrogen-bond acceptors (Lipinski definition) is 7. The van der Waals surface area contributed by atoms with Crippen molar-refractivity contribution < 1.29 is 34.1 Å². The van der Waals surface area contributed by atoms with Crippen LogP contribution in [0.1, 0.15) is 33.1 Å². The highest BCUT2D eigenvalue weighted by atomic mass is 16.5. The number of carboxylic acid groups (broad SMARTS) is 1. The lowest BCUT2D eigenvalue weighted by Gasteiger charge is -2.39. The van der Waals surface area contributed by atoms with Gasteiger partial charge in [-0.2, -0.15) is 0 Å². The molecular formula is C24H37N3O7. The minimum Gasteiger partial charge on any atom is -0.481 e. The molecule has 4 heterocycles. The molecular weight excluding hydrogens is 442 g/mol. The molecule has 2 N–H and O–H groups in total. The first kappa shape index (κ1) is 25.1. The smallest absolute Gasteiger partial charge is 0.310 e. The molecule has 0 aromatic carbocycles. The predicted octanol–water partition coefficient (Wildman–Crippen LogP) is -0.0466. The number of aliphatic carboxylic acids is 1. The monoisotopic (exact) mass is 479 g/mol. The Labute approximate surface area is 200 Å². The highest BCUT2D eigenvalue weighted by Gasteiger charge is 2.79. The molecule has 2 amide bonds. The molecule has 6 atom stereocenters. The topological polar surface area (TPSA) is 120 Å². The van der Waals surface area contributed by atoms with Crippen molar-refractivity contribution >= 4 is 17.8 Å². The van der Waals surface area contributed by atoms with Crippen molar-refractivity contribution in [2.75, 3.05) is 52.5 Å². The van der Waals surface area contributed by atoms with Gasteiger partial charge in [-0.15, -0.1) is 6.58 Å². The second-order valence-electron chi connectivity index (χ2n) is 9.98. The Balaban J connectivity index is 1.68. The SMILES string of the molecule is C=CCN(CCN1CCOCC1)C(=O)C1N([C@H](C)CO)C(=O)[C@@H]2[C@@H](C(=O)O)[C@@]3(CC)CCC12O3. The van der Waals surface area contributed by atoms with Gasteiger partial charge in [0.1, 0.15) is 17.6 Å². The molecule has 1 spiro atoms. The summed E-state index contributed by atoms with van der Waals surface area (Å²) in [6, 6.07) is -1.62. The molecule has 4 saturated heterocycles. The van der Waals surface area contributed by atoms with Crippen LogP contribution in [0.25, 0.3) is 0 Å². The van der Waals surface area contributed by atoms with Crippen LogP contribution in [0.15, 0.2) is 12.7 Å². The quantitative estimate of drug-likeness (QED) is 0.419. The fraction of sp³-hybridized carbons (Fsp3) is 0.792. The van der Waals surface area contributed by atoms with Crippen molar-refractivity contribution in [2.45, 2.75) is 56.4 Å². The molecule has 190 valence electrons. The minimum atomic E-state index is -1.20. The molecule has 4 aliphatic heterocycles. The number of likely N-dealkylation sites (tertiary alicyclic amines) is 1. The predicted molar refractivity (Wildman–Crippen MR) is 122 cm³/mol. The first-order chi connectivity index (χ1) is 16.3. The van der Waals surface area contributed by atoms with Crippen molar-refractivity contribution in [3.8, 4) is 0 Å². The van der Waals surface area contributed by atoms with Crippen LogP contribution in [0.5, 0.6) is 0 Å². The molecule has 4 rings (SSSR count). The fourth-order valence-corrected chi connectivity index (χ4v) is 6.58. The highest BCUT2D eigenvalue weighted by molar-refractivity contribution is 5.98. The number of aliphatic hydroxyl groups is 1. The van der Waals surface area contributed by atoms with Crippen molar-refractivity contribution in [2.24, 2.45) is 11.8 Å². The highest BCUT2D eigenvalue weighted by Crippen LogP contribution is 2.64. The number of fused-ring (bicyclic) bond motifs is 1. The van der Waals surface area contributed by atoms with Gasteiger partial charge < -0.3 is 29.5 Å². The van der Waals surface area contributed by atoms with Gasteiger partial charge in [0.05, 0.1) is 37.4 Å². The number of ether oxygens (including phenoxy) is 2.